The third-order valence-corrected chi connectivity index (χ3v) is 7.97. The Hall–Kier alpha value is -3.01. The van der Waals surface area contributed by atoms with E-state index in [4.69, 9.17) is 5.73 Å². The van der Waals surface area contributed by atoms with Crippen molar-refractivity contribution in [2.24, 2.45) is 17.6 Å². The summed E-state index contributed by atoms with van der Waals surface area (Å²) in [6, 6.07) is 3.63. The molecule has 2 heterocycles. The van der Waals surface area contributed by atoms with Crippen molar-refractivity contribution in [1.29, 1.82) is 0 Å². The van der Waals surface area contributed by atoms with Gasteiger partial charge in [0.15, 0.2) is 0 Å². The van der Waals surface area contributed by atoms with Gasteiger partial charge in [-0.1, -0.05) is 38.2 Å². The van der Waals surface area contributed by atoms with Crippen molar-refractivity contribution in [3.05, 3.63) is 35.6 Å². The van der Waals surface area contributed by atoms with E-state index in [1.807, 2.05) is 0 Å². The Morgan fingerprint density at radius 2 is 1.78 bits per heavy atom. The first-order chi connectivity index (χ1) is 17.8. The van der Waals surface area contributed by atoms with Crippen molar-refractivity contribution in [2.45, 2.75) is 63.5 Å². The Morgan fingerprint density at radius 1 is 1.05 bits per heavy atom. The van der Waals surface area contributed by atoms with Crippen molar-refractivity contribution in [3.63, 3.8) is 0 Å². The lowest BCUT2D eigenvalue weighted by Crippen LogP contribution is -2.64. The lowest BCUT2D eigenvalue weighted by molar-refractivity contribution is -0.147. The molecule has 9 nitrogen and oxygen atoms in total. The van der Waals surface area contributed by atoms with Gasteiger partial charge in [0.25, 0.3) is 5.91 Å². The number of nitrogens with zero attached hydrogens (tertiary/aromatic N) is 2. The van der Waals surface area contributed by atoms with E-state index >= 15 is 0 Å². The molecule has 4 rings (SSSR count). The molecular formula is C27H38FN5O4. The molecule has 0 bridgehead atoms. The first-order valence-electron chi connectivity index (χ1n) is 13.5. The summed E-state index contributed by atoms with van der Waals surface area (Å²) < 4.78 is 13.7. The summed E-state index contributed by atoms with van der Waals surface area (Å²) in [4.78, 5) is 55.5. The van der Waals surface area contributed by atoms with Gasteiger partial charge in [0.05, 0.1) is 6.54 Å². The molecule has 1 aromatic rings. The van der Waals surface area contributed by atoms with Crippen LogP contribution in [0.4, 0.5) is 4.39 Å². The molecule has 0 aromatic heterocycles. The zero-order valence-electron chi connectivity index (χ0n) is 21.3. The van der Waals surface area contributed by atoms with Crippen LogP contribution in [0, 0.1) is 17.7 Å². The number of piperidine rings is 1. The Kier molecular flexibility index (Phi) is 9.13. The molecule has 0 radical (unpaired) electrons. The average Bonchev–Trinajstić information content (AvgIpc) is 2.92. The smallest absolute Gasteiger partial charge is 0.254 e. The monoisotopic (exact) mass is 515 g/mol. The highest BCUT2D eigenvalue weighted by Crippen LogP contribution is 2.28. The summed E-state index contributed by atoms with van der Waals surface area (Å²) in [7, 11) is 0. The maximum absolute atomic E-state index is 13.7. The summed E-state index contributed by atoms with van der Waals surface area (Å²) in [5.74, 6) is -2.00. The van der Waals surface area contributed by atoms with Gasteiger partial charge < -0.3 is 26.2 Å². The number of amides is 4. The van der Waals surface area contributed by atoms with Crippen LogP contribution >= 0.6 is 0 Å². The number of halogens is 1. The number of nitrogens with one attached hydrogen (secondary N) is 2. The number of nitrogens with two attached hydrogens (primary N) is 1. The maximum atomic E-state index is 13.7. The zero-order valence-corrected chi connectivity index (χ0v) is 21.3. The number of rotatable bonds is 7. The second-order valence-corrected chi connectivity index (χ2v) is 10.5. The van der Waals surface area contributed by atoms with Crippen LogP contribution in [0.1, 0.15) is 61.7 Å². The van der Waals surface area contributed by atoms with E-state index in [9.17, 15) is 23.6 Å². The number of carbonyl (C=O) groups excluding carboxylic acids is 4. The number of benzene rings is 1. The minimum absolute atomic E-state index is 0.0349. The lowest BCUT2D eigenvalue weighted by Gasteiger charge is -2.42. The van der Waals surface area contributed by atoms with Crippen molar-refractivity contribution < 1.29 is 23.6 Å². The third kappa shape index (κ3) is 6.85. The fourth-order valence-electron chi connectivity index (χ4n) is 5.83. The second kappa shape index (κ2) is 12.5. The van der Waals surface area contributed by atoms with Crippen molar-refractivity contribution in [2.75, 3.05) is 32.7 Å². The van der Waals surface area contributed by atoms with Crippen LogP contribution in [0.5, 0.6) is 0 Å². The summed E-state index contributed by atoms with van der Waals surface area (Å²) >= 11 is 0. The van der Waals surface area contributed by atoms with Gasteiger partial charge in [-0.05, 0) is 56.5 Å². The summed E-state index contributed by atoms with van der Waals surface area (Å²) in [5, 5.41) is 6.06. The van der Waals surface area contributed by atoms with Crippen LogP contribution < -0.4 is 16.4 Å². The first kappa shape index (κ1) is 27.0. The molecule has 1 aromatic carbocycles. The van der Waals surface area contributed by atoms with E-state index in [1.54, 1.807) is 4.90 Å². The van der Waals surface area contributed by atoms with Gasteiger partial charge >= 0.3 is 0 Å². The number of piperazine rings is 1. The minimum Gasteiger partial charge on any atom is -0.368 e. The van der Waals surface area contributed by atoms with E-state index in [2.05, 4.69) is 10.6 Å². The van der Waals surface area contributed by atoms with Crippen molar-refractivity contribution >= 4 is 23.6 Å². The number of carbonyl (C=O) groups is 4. The Labute approximate surface area is 217 Å². The SMILES string of the molecule is NC(=O)[C@H](CC1CCCCC1)NC(=O)[C@H]1CN(C(=O)c2cccc(F)c2)CCN1C(=O)C1CCNCC1. The van der Waals surface area contributed by atoms with Gasteiger partial charge in [0.2, 0.25) is 17.7 Å². The van der Waals surface area contributed by atoms with Crippen LogP contribution in [0.15, 0.2) is 24.3 Å². The van der Waals surface area contributed by atoms with Gasteiger partial charge in [-0.2, -0.15) is 0 Å². The van der Waals surface area contributed by atoms with Crippen LogP contribution in [-0.2, 0) is 14.4 Å². The van der Waals surface area contributed by atoms with E-state index in [0.717, 1.165) is 44.8 Å². The number of hydrogen-bond acceptors (Lipinski definition) is 5. The Bertz CT molecular complexity index is 993. The van der Waals surface area contributed by atoms with Gasteiger partial charge in [0.1, 0.15) is 17.9 Å². The number of primary amides is 1. The molecule has 1 saturated carbocycles. The summed E-state index contributed by atoms with van der Waals surface area (Å²) in [5.41, 5.74) is 5.85. The van der Waals surface area contributed by atoms with Crippen LogP contribution in [0.3, 0.4) is 0 Å². The molecule has 1 aliphatic carbocycles. The highest BCUT2D eigenvalue weighted by atomic mass is 19.1. The predicted molar refractivity (Wildman–Crippen MR) is 136 cm³/mol. The Balaban J connectivity index is 1.51. The fraction of sp³-hybridized carbons (Fsp3) is 0.630. The normalized spacial score (nSPS) is 22.4. The standard InChI is InChI=1S/C27H38FN5O4/c28-21-8-4-7-20(16-21)26(36)32-13-14-33(27(37)19-9-11-30-12-10-19)23(17-32)25(35)31-22(24(29)34)15-18-5-2-1-3-6-18/h4,7-8,16,18-19,22-23,30H,1-3,5-6,9-15,17H2,(H2,29,34)(H,31,35)/t22-,23+/m0/s1. The molecule has 2 aliphatic heterocycles. The second-order valence-electron chi connectivity index (χ2n) is 10.5. The van der Waals surface area contributed by atoms with Crippen LogP contribution in [-0.4, -0.2) is 78.2 Å². The van der Waals surface area contributed by atoms with Gasteiger partial charge in [-0.25, -0.2) is 4.39 Å². The van der Waals surface area contributed by atoms with E-state index in [1.165, 1.54) is 29.5 Å². The molecule has 4 amide bonds. The molecule has 4 N–H and O–H groups in total. The lowest BCUT2D eigenvalue weighted by atomic mass is 9.84. The first-order valence-corrected chi connectivity index (χ1v) is 13.5. The molecular weight excluding hydrogens is 477 g/mol. The molecule has 3 fully saturated rings. The molecule has 37 heavy (non-hydrogen) atoms. The third-order valence-electron chi connectivity index (χ3n) is 7.97. The molecule has 202 valence electrons. The van der Waals surface area contributed by atoms with Gasteiger partial charge in [0, 0.05) is 24.6 Å². The molecule has 10 heteroatoms. The van der Waals surface area contributed by atoms with E-state index in [-0.39, 0.29) is 37.0 Å². The Morgan fingerprint density at radius 3 is 2.46 bits per heavy atom. The molecule has 2 saturated heterocycles. The zero-order chi connectivity index (χ0) is 26.4. The largest absolute Gasteiger partial charge is 0.368 e. The minimum atomic E-state index is -0.957. The summed E-state index contributed by atoms with van der Waals surface area (Å²) in [6.45, 7) is 1.85. The quantitative estimate of drug-likeness (QED) is 0.507. The highest BCUT2D eigenvalue weighted by Gasteiger charge is 2.40. The van der Waals surface area contributed by atoms with E-state index < -0.39 is 35.6 Å². The van der Waals surface area contributed by atoms with Crippen LogP contribution in [0.25, 0.3) is 0 Å². The van der Waals surface area contributed by atoms with Gasteiger partial charge in [-0.3, -0.25) is 19.2 Å². The molecule has 0 unspecified atom stereocenters. The van der Waals surface area contributed by atoms with E-state index in [0.29, 0.717) is 25.2 Å². The van der Waals surface area contributed by atoms with Gasteiger partial charge in [-0.15, -0.1) is 0 Å². The highest BCUT2D eigenvalue weighted by molar-refractivity contribution is 5.96. The van der Waals surface area contributed by atoms with Crippen molar-refractivity contribution in [1.82, 2.24) is 20.4 Å². The van der Waals surface area contributed by atoms with Crippen molar-refractivity contribution in [3.8, 4) is 0 Å². The number of hydrogen-bond donors (Lipinski definition) is 3. The molecule has 3 aliphatic rings. The maximum Gasteiger partial charge on any atom is 0.254 e. The topological polar surface area (TPSA) is 125 Å². The summed E-state index contributed by atoms with van der Waals surface area (Å²) in [6.07, 6.45) is 7.21. The average molecular weight is 516 g/mol. The van der Waals surface area contributed by atoms with Crippen LogP contribution in [0.2, 0.25) is 0 Å². The molecule has 2 atom stereocenters. The predicted octanol–water partition coefficient (Wildman–Crippen LogP) is 1.42. The molecule has 0 spiro atoms. The fourth-order valence-corrected chi connectivity index (χ4v) is 5.83.